The van der Waals surface area contributed by atoms with E-state index in [1.165, 1.54) is 12.1 Å². The van der Waals surface area contributed by atoms with Gasteiger partial charge in [0.25, 0.3) is 0 Å². The number of halogens is 1. The Labute approximate surface area is 264 Å². The summed E-state index contributed by atoms with van der Waals surface area (Å²) in [6.07, 6.45) is 0.104. The van der Waals surface area contributed by atoms with E-state index in [9.17, 15) is 19.2 Å². The second kappa shape index (κ2) is 16.2. The number of hydroxylamine groups is 1. The molecule has 3 amide bonds. The minimum absolute atomic E-state index is 0.00674. The van der Waals surface area contributed by atoms with Crippen LogP contribution in [0.4, 0.5) is 10.5 Å². The van der Waals surface area contributed by atoms with Gasteiger partial charge in [-0.15, -0.1) is 0 Å². The standard InChI is InChI=1S/C32H33BrN4O7/c1-2-42-31(40)23-13-15-24(16-14-23)34-29(38)27(18-25-19-28(33)37-44-25)35-30(39)26(17-21-9-5-3-6-10-21)36-32(41)43-20-22-11-7-4-8-12-22/h3-16,19,25-27,37H,2,17-18,20H2,1H3,(H,34,38)(H,35,39)(H,36,41)/t25?,26-,27-/m0/s1/i/hD. The van der Waals surface area contributed by atoms with Gasteiger partial charge in [-0.25, -0.2) is 9.59 Å². The van der Waals surface area contributed by atoms with Gasteiger partial charge in [-0.3, -0.25) is 19.9 Å². The molecule has 0 saturated carbocycles. The number of esters is 1. The van der Waals surface area contributed by atoms with Gasteiger partial charge in [0.2, 0.25) is 11.8 Å². The molecule has 4 rings (SSSR count). The normalized spacial score (nSPS) is 15.5. The lowest BCUT2D eigenvalue weighted by molar-refractivity contribution is -0.128. The Bertz CT molecular complexity index is 1490. The predicted molar refractivity (Wildman–Crippen MR) is 166 cm³/mol. The number of anilines is 1. The molecule has 0 aliphatic carbocycles. The lowest BCUT2D eigenvalue weighted by Gasteiger charge is -2.24. The molecule has 0 radical (unpaired) electrons. The summed E-state index contributed by atoms with van der Waals surface area (Å²) < 4.78 is 19.4. The fourth-order valence-corrected chi connectivity index (χ4v) is 4.65. The summed E-state index contributed by atoms with van der Waals surface area (Å²) in [5.74, 6) is -1.80. The van der Waals surface area contributed by atoms with E-state index in [0.717, 1.165) is 5.56 Å². The first-order valence-corrected chi connectivity index (χ1v) is 14.7. The van der Waals surface area contributed by atoms with Crippen molar-refractivity contribution in [2.45, 2.75) is 44.6 Å². The molecule has 3 atom stereocenters. The Balaban J connectivity index is 1.51. The molecule has 4 N–H and O–H groups in total. The second-order valence-corrected chi connectivity index (χ2v) is 10.6. The summed E-state index contributed by atoms with van der Waals surface area (Å²) in [5.41, 5.74) is 4.76. The van der Waals surface area contributed by atoms with Crippen LogP contribution in [0.2, 0.25) is 1.41 Å². The Kier molecular flexibility index (Phi) is 11.4. The van der Waals surface area contributed by atoms with Crippen molar-refractivity contribution < 1.29 is 34.9 Å². The summed E-state index contributed by atoms with van der Waals surface area (Å²) in [6, 6.07) is 21.5. The van der Waals surface area contributed by atoms with E-state index in [1.807, 2.05) is 12.1 Å². The number of hydrogen-bond donors (Lipinski definition) is 4. The number of alkyl carbamates (subject to hydrolysis) is 1. The van der Waals surface area contributed by atoms with Gasteiger partial charge in [-0.2, -0.15) is 0 Å². The largest absolute Gasteiger partial charge is 0.462 e. The van der Waals surface area contributed by atoms with Crippen LogP contribution in [0.15, 0.2) is 95.6 Å². The van der Waals surface area contributed by atoms with Crippen molar-refractivity contribution in [3.63, 3.8) is 0 Å². The van der Waals surface area contributed by atoms with Gasteiger partial charge >= 0.3 is 12.1 Å². The SMILES string of the molecule is [2H]N(C(=O)OCc1ccccc1)[C@@H](Cc1ccccc1)C(=O)N[C@@H](CC1C=C(Br)NO1)C(=O)Nc1ccc(C(=O)OCC)cc1. The molecule has 44 heavy (non-hydrogen) atoms. The molecule has 0 spiro atoms. The zero-order chi connectivity index (χ0) is 32.2. The lowest BCUT2D eigenvalue weighted by Crippen LogP contribution is -2.54. The van der Waals surface area contributed by atoms with E-state index in [0.29, 0.717) is 26.7 Å². The number of rotatable bonds is 13. The third kappa shape index (κ3) is 9.96. The topological polar surface area (TPSA) is 144 Å². The average molecular weight is 667 g/mol. The highest BCUT2D eigenvalue weighted by molar-refractivity contribution is 9.11. The fourth-order valence-electron chi connectivity index (χ4n) is 4.26. The number of ether oxygens (including phenoxy) is 2. The summed E-state index contributed by atoms with van der Waals surface area (Å²) in [6.45, 7) is 1.85. The Hall–Kier alpha value is -4.68. The number of amides is 3. The molecule has 3 aromatic carbocycles. The van der Waals surface area contributed by atoms with E-state index in [1.54, 1.807) is 73.7 Å². The molecule has 1 unspecified atom stereocenters. The molecular formula is C32H33BrN4O7. The first-order chi connectivity index (χ1) is 21.7. The van der Waals surface area contributed by atoms with Gasteiger partial charge in [-0.1, -0.05) is 60.7 Å². The number of hydrogen-bond acceptors (Lipinski definition) is 8. The smallest absolute Gasteiger partial charge is 0.408 e. The van der Waals surface area contributed by atoms with Crippen LogP contribution in [-0.4, -0.2) is 48.7 Å². The van der Waals surface area contributed by atoms with E-state index in [-0.39, 0.29) is 26.1 Å². The number of carbonyl (C=O) groups is 4. The summed E-state index contributed by atoms with van der Waals surface area (Å²) in [7, 11) is 0. The molecular weight excluding hydrogens is 632 g/mol. The summed E-state index contributed by atoms with van der Waals surface area (Å²) in [5, 5.41) is 5.94. The van der Waals surface area contributed by atoms with Crippen LogP contribution in [0, 0.1) is 0 Å². The van der Waals surface area contributed by atoms with Crippen LogP contribution in [-0.2, 0) is 36.9 Å². The van der Waals surface area contributed by atoms with Crippen molar-refractivity contribution in [2.75, 3.05) is 11.9 Å². The van der Waals surface area contributed by atoms with Gasteiger partial charge in [0, 0.05) is 18.5 Å². The molecule has 11 nitrogen and oxygen atoms in total. The van der Waals surface area contributed by atoms with Crippen molar-refractivity contribution in [1.82, 2.24) is 16.1 Å². The number of carbonyl (C=O) groups excluding carboxylic acids is 4. The number of nitrogens with one attached hydrogen (secondary N) is 4. The molecule has 0 aromatic heterocycles. The van der Waals surface area contributed by atoms with Crippen molar-refractivity contribution in [2.24, 2.45) is 0 Å². The van der Waals surface area contributed by atoms with Gasteiger partial charge in [0.05, 0.1) is 12.2 Å². The third-order valence-electron chi connectivity index (χ3n) is 6.45. The molecule has 0 bridgehead atoms. The minimum atomic E-state index is -1.33. The average Bonchev–Trinajstić information content (AvgIpc) is 3.47. The van der Waals surface area contributed by atoms with Gasteiger partial charge in [-0.05, 0) is 64.3 Å². The molecule has 1 aliphatic heterocycles. The highest BCUT2D eigenvalue weighted by Crippen LogP contribution is 2.18. The van der Waals surface area contributed by atoms with E-state index in [2.05, 4.69) is 32.0 Å². The number of benzene rings is 3. The minimum Gasteiger partial charge on any atom is -0.462 e. The van der Waals surface area contributed by atoms with Crippen LogP contribution >= 0.6 is 15.9 Å². The molecule has 1 heterocycles. The quantitative estimate of drug-likeness (QED) is 0.156. The van der Waals surface area contributed by atoms with Crippen molar-refractivity contribution in [1.29, 1.82) is 0 Å². The fraction of sp³-hybridized carbons (Fsp3) is 0.250. The maximum atomic E-state index is 13.8. The highest BCUT2D eigenvalue weighted by Gasteiger charge is 2.31. The van der Waals surface area contributed by atoms with Crippen molar-refractivity contribution in [3.05, 3.63) is 112 Å². The van der Waals surface area contributed by atoms with Crippen molar-refractivity contribution in [3.8, 4) is 0 Å². The molecule has 3 aromatic rings. The zero-order valence-corrected chi connectivity index (χ0v) is 25.5. The van der Waals surface area contributed by atoms with Gasteiger partial charge in [0.15, 0.2) is 1.41 Å². The highest BCUT2D eigenvalue weighted by atomic mass is 79.9. The monoisotopic (exact) mass is 665 g/mol. The van der Waals surface area contributed by atoms with E-state index >= 15 is 0 Å². The van der Waals surface area contributed by atoms with Gasteiger partial charge < -0.3 is 25.4 Å². The Morgan fingerprint density at radius 1 is 0.909 bits per heavy atom. The molecule has 1 aliphatic rings. The zero-order valence-electron chi connectivity index (χ0n) is 24.9. The molecule has 0 fully saturated rings. The second-order valence-electron chi connectivity index (χ2n) is 9.73. The van der Waals surface area contributed by atoms with Gasteiger partial charge in [0.1, 0.15) is 29.4 Å². The summed E-state index contributed by atoms with van der Waals surface area (Å²) in [4.78, 5) is 57.7. The first kappa shape index (κ1) is 30.8. The van der Waals surface area contributed by atoms with E-state index in [4.69, 9.17) is 15.7 Å². The Morgan fingerprint density at radius 2 is 1.57 bits per heavy atom. The first-order valence-electron chi connectivity index (χ1n) is 14.4. The maximum Gasteiger partial charge on any atom is 0.408 e. The Morgan fingerprint density at radius 3 is 2.18 bits per heavy atom. The van der Waals surface area contributed by atoms with Crippen LogP contribution in [0.3, 0.4) is 0 Å². The third-order valence-corrected chi connectivity index (χ3v) is 6.87. The maximum absolute atomic E-state index is 13.8. The summed E-state index contributed by atoms with van der Waals surface area (Å²) >= 11 is 3.28. The van der Waals surface area contributed by atoms with Crippen LogP contribution in [0.5, 0.6) is 0 Å². The van der Waals surface area contributed by atoms with E-state index < -0.39 is 42.1 Å². The van der Waals surface area contributed by atoms with Crippen LogP contribution < -0.4 is 21.4 Å². The van der Waals surface area contributed by atoms with Crippen LogP contribution in [0.1, 0.15) is 34.8 Å². The lowest BCUT2D eigenvalue weighted by atomic mass is 10.0. The predicted octanol–water partition coefficient (Wildman–Crippen LogP) is 4.35. The molecule has 12 heteroatoms. The molecule has 230 valence electrons. The van der Waals surface area contributed by atoms with Crippen LogP contribution in [0.25, 0.3) is 0 Å². The van der Waals surface area contributed by atoms with Crippen molar-refractivity contribution >= 4 is 45.5 Å². The molecule has 0 saturated heterocycles.